The predicted octanol–water partition coefficient (Wildman–Crippen LogP) is 2.26. The molecule has 1 amide bonds. The Balaban J connectivity index is 1.88. The molecule has 0 spiro atoms. The van der Waals surface area contributed by atoms with E-state index in [1.807, 2.05) is 55.5 Å². The Morgan fingerprint density at radius 3 is 2.69 bits per heavy atom. The number of fused-ring (bicyclic) bond motifs is 1. The lowest BCUT2D eigenvalue weighted by Gasteiger charge is -2.14. The normalized spacial score (nSPS) is 13.7. The van der Waals surface area contributed by atoms with E-state index in [0.29, 0.717) is 24.4 Å². The molecule has 1 aliphatic rings. The number of nitrogens with one attached hydrogen (secondary N) is 2. The molecule has 4 rings (SSSR count). The number of hydrogen-bond acceptors (Lipinski definition) is 5. The molecular formula is C24H22N4O3S. The zero-order valence-corrected chi connectivity index (χ0v) is 18.5. The highest BCUT2D eigenvalue weighted by Gasteiger charge is 2.18. The molecule has 32 heavy (non-hydrogen) atoms. The summed E-state index contributed by atoms with van der Waals surface area (Å²) in [7, 11) is 0. The van der Waals surface area contributed by atoms with Gasteiger partial charge in [-0.1, -0.05) is 36.4 Å². The van der Waals surface area contributed by atoms with Crippen molar-refractivity contribution in [2.75, 3.05) is 6.54 Å². The summed E-state index contributed by atoms with van der Waals surface area (Å²) in [5, 5.41) is 15.6. The van der Waals surface area contributed by atoms with Gasteiger partial charge in [0.05, 0.1) is 16.7 Å². The molecule has 0 fully saturated rings. The number of para-hydroxylation sites is 2. The van der Waals surface area contributed by atoms with E-state index in [1.165, 1.54) is 11.5 Å². The van der Waals surface area contributed by atoms with Gasteiger partial charge in [0.25, 0.3) is 5.56 Å². The number of carbonyl (C=O) groups excluding carboxylic acids is 1. The van der Waals surface area contributed by atoms with Gasteiger partial charge in [-0.2, -0.15) is 0 Å². The summed E-state index contributed by atoms with van der Waals surface area (Å²) >= 11 is 5.33. The zero-order chi connectivity index (χ0) is 22.8. The van der Waals surface area contributed by atoms with Crippen molar-refractivity contribution in [1.82, 2.24) is 14.9 Å². The van der Waals surface area contributed by atoms with Crippen molar-refractivity contribution in [3.8, 4) is 11.6 Å². The number of rotatable bonds is 5. The highest BCUT2D eigenvalue weighted by molar-refractivity contribution is 7.71. The SMILES string of the molecule is CC(=O)NCCC1=c2ccccc2=NC1=Cc1c(O)n(-c2ccccc2C)c(=S)[nH]c1=O. The Labute approximate surface area is 189 Å². The molecule has 0 atom stereocenters. The monoisotopic (exact) mass is 446 g/mol. The first-order valence-electron chi connectivity index (χ1n) is 10.1. The second kappa shape index (κ2) is 8.76. The Morgan fingerprint density at radius 1 is 1.22 bits per heavy atom. The Morgan fingerprint density at radius 2 is 1.94 bits per heavy atom. The first-order chi connectivity index (χ1) is 15.4. The molecule has 7 nitrogen and oxygen atoms in total. The second-order valence-electron chi connectivity index (χ2n) is 7.49. The van der Waals surface area contributed by atoms with E-state index < -0.39 is 5.56 Å². The van der Waals surface area contributed by atoms with Gasteiger partial charge in [-0.05, 0) is 54.9 Å². The Hall–Kier alpha value is -3.78. The van der Waals surface area contributed by atoms with Crippen LogP contribution in [-0.2, 0) is 4.79 Å². The number of benzene rings is 2. The van der Waals surface area contributed by atoms with Gasteiger partial charge < -0.3 is 10.4 Å². The average molecular weight is 447 g/mol. The molecular weight excluding hydrogens is 424 g/mol. The lowest BCUT2D eigenvalue weighted by atomic mass is 10.1. The number of aryl methyl sites for hydroxylation is 1. The van der Waals surface area contributed by atoms with Crippen molar-refractivity contribution in [2.45, 2.75) is 20.3 Å². The van der Waals surface area contributed by atoms with Crippen LogP contribution in [-0.4, -0.2) is 27.1 Å². The fourth-order valence-electron chi connectivity index (χ4n) is 3.75. The molecule has 162 valence electrons. The van der Waals surface area contributed by atoms with Gasteiger partial charge in [0.15, 0.2) is 4.77 Å². The number of H-pyrrole nitrogens is 1. The van der Waals surface area contributed by atoms with E-state index in [0.717, 1.165) is 21.7 Å². The number of nitrogens with zero attached hydrogens (tertiary/aromatic N) is 2. The van der Waals surface area contributed by atoms with Gasteiger partial charge in [0, 0.05) is 18.7 Å². The molecule has 8 heteroatoms. The summed E-state index contributed by atoms with van der Waals surface area (Å²) in [5.41, 5.74) is 2.57. The maximum Gasteiger partial charge on any atom is 0.262 e. The number of aromatic amines is 1. The van der Waals surface area contributed by atoms with E-state index in [2.05, 4.69) is 15.3 Å². The topological polar surface area (TPSA) is 99.5 Å². The van der Waals surface area contributed by atoms with E-state index in [-0.39, 0.29) is 22.1 Å². The molecule has 0 radical (unpaired) electrons. The third kappa shape index (κ3) is 4.04. The Bertz CT molecular complexity index is 1500. The van der Waals surface area contributed by atoms with Crippen LogP contribution in [0.3, 0.4) is 0 Å². The number of aromatic hydroxyl groups is 1. The molecule has 0 bridgehead atoms. The first-order valence-corrected chi connectivity index (χ1v) is 10.6. The number of allylic oxidation sites excluding steroid dienone is 1. The van der Waals surface area contributed by atoms with E-state index in [1.54, 1.807) is 6.08 Å². The van der Waals surface area contributed by atoms with Gasteiger partial charge in [-0.25, -0.2) is 4.99 Å². The van der Waals surface area contributed by atoms with Gasteiger partial charge in [0.2, 0.25) is 11.8 Å². The molecule has 0 saturated carbocycles. The molecule has 0 unspecified atom stereocenters. The van der Waals surface area contributed by atoms with Gasteiger partial charge in [-0.15, -0.1) is 0 Å². The average Bonchev–Trinajstić information content (AvgIpc) is 3.09. The van der Waals surface area contributed by atoms with Crippen LogP contribution in [0.2, 0.25) is 0 Å². The van der Waals surface area contributed by atoms with Crippen LogP contribution < -0.4 is 21.5 Å². The third-order valence-corrected chi connectivity index (χ3v) is 5.57. The molecule has 2 aromatic carbocycles. The Kier molecular flexibility index (Phi) is 5.87. The van der Waals surface area contributed by atoms with Crippen molar-refractivity contribution in [1.29, 1.82) is 0 Å². The number of carbonyl (C=O) groups is 1. The van der Waals surface area contributed by atoms with Crippen LogP contribution in [0.15, 0.2) is 64.0 Å². The predicted molar refractivity (Wildman–Crippen MR) is 126 cm³/mol. The number of amides is 1. The molecule has 3 N–H and O–H groups in total. The molecule has 1 aromatic heterocycles. The van der Waals surface area contributed by atoms with Crippen molar-refractivity contribution in [3.63, 3.8) is 0 Å². The largest absolute Gasteiger partial charge is 0.494 e. The fourth-order valence-corrected chi connectivity index (χ4v) is 4.03. The third-order valence-electron chi connectivity index (χ3n) is 5.29. The highest BCUT2D eigenvalue weighted by atomic mass is 32.1. The summed E-state index contributed by atoms with van der Waals surface area (Å²) in [6, 6.07) is 15.1. The van der Waals surface area contributed by atoms with Crippen LogP contribution >= 0.6 is 12.2 Å². The summed E-state index contributed by atoms with van der Waals surface area (Å²) in [5.74, 6) is -0.373. The molecule has 2 heterocycles. The lowest BCUT2D eigenvalue weighted by molar-refractivity contribution is -0.118. The number of hydrogen-bond donors (Lipinski definition) is 3. The summed E-state index contributed by atoms with van der Waals surface area (Å²) in [6.45, 7) is 3.80. The van der Waals surface area contributed by atoms with Crippen molar-refractivity contribution < 1.29 is 9.90 Å². The quantitative estimate of drug-likeness (QED) is 0.524. The standard InChI is InChI=1S/C24H22N4O3S/c1-14-7-3-6-10-21(14)28-23(31)18(22(30)27-24(28)32)13-20-17(11-12-25-15(2)29)16-8-4-5-9-19(16)26-20/h3-10,13,31H,11-12H2,1-2H3,(H,25,29)(H,27,30,32). The zero-order valence-electron chi connectivity index (χ0n) is 17.7. The van der Waals surface area contributed by atoms with E-state index in [9.17, 15) is 14.7 Å². The minimum Gasteiger partial charge on any atom is -0.494 e. The first kappa shape index (κ1) is 21.5. The second-order valence-corrected chi connectivity index (χ2v) is 7.88. The van der Waals surface area contributed by atoms with Gasteiger partial charge in [0.1, 0.15) is 5.56 Å². The van der Waals surface area contributed by atoms with Crippen LogP contribution in [0.1, 0.15) is 24.5 Å². The number of aromatic nitrogens is 2. The van der Waals surface area contributed by atoms with Crippen LogP contribution in [0, 0.1) is 11.7 Å². The smallest absolute Gasteiger partial charge is 0.262 e. The fraction of sp³-hybridized carbons (Fsp3) is 0.167. The van der Waals surface area contributed by atoms with Crippen LogP contribution in [0.5, 0.6) is 5.88 Å². The molecule has 1 aliphatic heterocycles. The van der Waals surface area contributed by atoms with Gasteiger partial charge >= 0.3 is 0 Å². The maximum absolute atomic E-state index is 12.8. The van der Waals surface area contributed by atoms with Crippen LogP contribution in [0.4, 0.5) is 0 Å². The minimum atomic E-state index is -0.503. The van der Waals surface area contributed by atoms with Crippen LogP contribution in [0.25, 0.3) is 17.3 Å². The lowest BCUT2D eigenvalue weighted by Crippen LogP contribution is -2.25. The summed E-state index contributed by atoms with van der Waals surface area (Å²) in [4.78, 5) is 31.4. The highest BCUT2D eigenvalue weighted by Crippen LogP contribution is 2.26. The van der Waals surface area contributed by atoms with Gasteiger partial charge in [-0.3, -0.25) is 19.1 Å². The minimum absolute atomic E-state index is 0.0606. The molecule has 0 saturated heterocycles. The van der Waals surface area contributed by atoms with Crippen molar-refractivity contribution in [3.05, 3.63) is 91.1 Å². The van der Waals surface area contributed by atoms with E-state index >= 15 is 0 Å². The maximum atomic E-state index is 12.8. The molecule has 3 aromatic rings. The molecule has 0 aliphatic carbocycles. The summed E-state index contributed by atoms with van der Waals surface area (Å²) < 4.78 is 1.54. The van der Waals surface area contributed by atoms with Crippen molar-refractivity contribution >= 4 is 29.8 Å². The van der Waals surface area contributed by atoms with E-state index in [4.69, 9.17) is 12.2 Å². The van der Waals surface area contributed by atoms with Crippen molar-refractivity contribution in [2.24, 2.45) is 4.99 Å². The summed E-state index contributed by atoms with van der Waals surface area (Å²) in [6.07, 6.45) is 2.10.